The van der Waals surface area contributed by atoms with E-state index in [0.29, 0.717) is 18.9 Å². The van der Waals surface area contributed by atoms with Gasteiger partial charge in [0.1, 0.15) is 6.26 Å². The van der Waals surface area contributed by atoms with Crippen molar-refractivity contribution in [3.63, 3.8) is 0 Å². The van der Waals surface area contributed by atoms with Gasteiger partial charge in [0.25, 0.3) is 5.91 Å². The second-order valence-electron chi connectivity index (χ2n) is 6.33. The van der Waals surface area contributed by atoms with Gasteiger partial charge in [0.15, 0.2) is 5.69 Å². The number of carbonyl (C=O) groups is 1. The van der Waals surface area contributed by atoms with Crippen molar-refractivity contribution in [1.29, 1.82) is 0 Å². The van der Waals surface area contributed by atoms with Crippen LogP contribution < -0.4 is 5.32 Å². The van der Waals surface area contributed by atoms with Crippen molar-refractivity contribution in [1.82, 2.24) is 14.8 Å². The van der Waals surface area contributed by atoms with E-state index in [9.17, 15) is 13.2 Å². The van der Waals surface area contributed by atoms with Crippen LogP contribution >= 0.6 is 0 Å². The molecule has 7 nitrogen and oxygen atoms in total. The molecule has 0 aromatic carbocycles. The highest BCUT2D eigenvalue weighted by atomic mass is 32.2. The van der Waals surface area contributed by atoms with Crippen molar-refractivity contribution < 1.29 is 17.7 Å². The lowest BCUT2D eigenvalue weighted by atomic mass is 9.86. The molecule has 1 aliphatic carbocycles. The standard InChI is InChI=1S/C15H21N3O4S/c1-3-23(20,21)18-9-12(11-4-5-11)14(8-10(18)2)16-15(19)13-6-7-22-17-13/h3,6-7,10-12,14H,1,4-5,8-9H2,2H3,(H,16,19)/t10-,12?,14-/m0/s1. The van der Waals surface area contributed by atoms with Gasteiger partial charge in [-0.15, -0.1) is 0 Å². The first-order valence-electron chi connectivity index (χ1n) is 7.78. The topological polar surface area (TPSA) is 92.5 Å². The van der Waals surface area contributed by atoms with Gasteiger partial charge in [-0.05, 0) is 38.0 Å². The van der Waals surface area contributed by atoms with Crippen LogP contribution in [0.5, 0.6) is 0 Å². The molecule has 1 aromatic heterocycles. The van der Waals surface area contributed by atoms with Crippen molar-refractivity contribution in [2.45, 2.75) is 38.3 Å². The Balaban J connectivity index is 1.76. The molecule has 1 saturated carbocycles. The Morgan fingerprint density at radius 3 is 2.83 bits per heavy atom. The van der Waals surface area contributed by atoms with Crippen LogP contribution in [0.25, 0.3) is 0 Å². The molecule has 1 unspecified atom stereocenters. The molecule has 3 rings (SSSR count). The maximum Gasteiger partial charge on any atom is 0.273 e. The molecule has 2 heterocycles. The van der Waals surface area contributed by atoms with Crippen molar-refractivity contribution in [2.24, 2.45) is 11.8 Å². The molecule has 1 saturated heterocycles. The Labute approximate surface area is 135 Å². The van der Waals surface area contributed by atoms with E-state index in [2.05, 4.69) is 17.1 Å². The largest absolute Gasteiger partial charge is 0.364 e. The number of hydrogen-bond donors (Lipinski definition) is 1. The van der Waals surface area contributed by atoms with Gasteiger partial charge in [-0.25, -0.2) is 8.42 Å². The fourth-order valence-electron chi connectivity index (χ4n) is 3.37. The molecule has 1 aromatic rings. The first kappa shape index (κ1) is 16.2. The summed E-state index contributed by atoms with van der Waals surface area (Å²) in [5, 5.41) is 7.65. The molecule has 8 heteroatoms. The number of aromatic nitrogens is 1. The zero-order valence-corrected chi connectivity index (χ0v) is 13.8. The van der Waals surface area contributed by atoms with Crippen LogP contribution in [0.1, 0.15) is 36.7 Å². The average Bonchev–Trinajstić information content (AvgIpc) is 3.20. The van der Waals surface area contributed by atoms with E-state index in [-0.39, 0.29) is 29.6 Å². The smallest absolute Gasteiger partial charge is 0.273 e. The van der Waals surface area contributed by atoms with E-state index in [1.54, 1.807) is 0 Å². The van der Waals surface area contributed by atoms with Gasteiger partial charge in [-0.3, -0.25) is 4.79 Å². The summed E-state index contributed by atoms with van der Waals surface area (Å²) >= 11 is 0. The van der Waals surface area contributed by atoms with Crippen LogP contribution in [0.2, 0.25) is 0 Å². The predicted molar refractivity (Wildman–Crippen MR) is 83.9 cm³/mol. The van der Waals surface area contributed by atoms with E-state index in [4.69, 9.17) is 4.52 Å². The second kappa shape index (κ2) is 6.09. The summed E-state index contributed by atoms with van der Waals surface area (Å²) in [6, 6.07) is 1.27. The van der Waals surface area contributed by atoms with Gasteiger partial charge >= 0.3 is 0 Å². The van der Waals surface area contributed by atoms with Gasteiger partial charge in [0, 0.05) is 30.1 Å². The summed E-state index contributed by atoms with van der Waals surface area (Å²) in [4.78, 5) is 12.2. The minimum Gasteiger partial charge on any atom is -0.364 e. The fourth-order valence-corrected chi connectivity index (χ4v) is 4.52. The quantitative estimate of drug-likeness (QED) is 0.874. The van der Waals surface area contributed by atoms with Gasteiger partial charge in [0.2, 0.25) is 10.0 Å². The third-order valence-electron chi connectivity index (χ3n) is 4.75. The molecule has 2 aliphatic rings. The maximum atomic E-state index is 12.2. The van der Waals surface area contributed by atoms with E-state index >= 15 is 0 Å². The number of sulfonamides is 1. The molecule has 126 valence electrons. The Hall–Kier alpha value is -1.67. The van der Waals surface area contributed by atoms with E-state index in [1.165, 1.54) is 16.6 Å². The van der Waals surface area contributed by atoms with E-state index in [1.807, 2.05) is 6.92 Å². The Bertz CT molecular complexity index is 682. The first-order chi connectivity index (χ1) is 10.9. The van der Waals surface area contributed by atoms with Crippen LogP contribution in [0.4, 0.5) is 0 Å². The maximum absolute atomic E-state index is 12.2. The first-order valence-corrected chi connectivity index (χ1v) is 9.28. The number of hydrogen-bond acceptors (Lipinski definition) is 5. The minimum absolute atomic E-state index is 0.0574. The SMILES string of the molecule is C=CS(=O)(=O)N1CC(C2CC2)[C@@H](NC(=O)c2ccon2)C[C@@H]1C. The molecule has 3 atom stereocenters. The fraction of sp³-hybridized carbons (Fsp3) is 0.600. The average molecular weight is 339 g/mol. The van der Waals surface area contributed by atoms with Crippen molar-refractivity contribution >= 4 is 15.9 Å². The molecule has 1 N–H and O–H groups in total. The second-order valence-corrected chi connectivity index (χ2v) is 8.16. The number of nitrogens with zero attached hydrogens (tertiary/aromatic N) is 2. The van der Waals surface area contributed by atoms with E-state index < -0.39 is 10.0 Å². The van der Waals surface area contributed by atoms with Crippen LogP contribution in [0, 0.1) is 11.8 Å². The summed E-state index contributed by atoms with van der Waals surface area (Å²) in [6.07, 6.45) is 4.10. The number of nitrogens with one attached hydrogen (secondary N) is 1. The lowest BCUT2D eigenvalue weighted by Gasteiger charge is -2.42. The molecule has 23 heavy (non-hydrogen) atoms. The summed E-state index contributed by atoms with van der Waals surface area (Å²) in [7, 11) is -3.45. The monoisotopic (exact) mass is 339 g/mol. The molecule has 0 spiro atoms. The summed E-state index contributed by atoms with van der Waals surface area (Å²) < 4.78 is 30.5. The molecule has 1 amide bonds. The normalized spacial score (nSPS) is 29.2. The highest BCUT2D eigenvalue weighted by Gasteiger charge is 2.45. The van der Waals surface area contributed by atoms with Crippen LogP contribution in [-0.4, -0.2) is 42.4 Å². The third kappa shape index (κ3) is 3.32. The molecule has 1 aliphatic heterocycles. The number of amides is 1. The number of rotatable bonds is 5. The third-order valence-corrected chi connectivity index (χ3v) is 6.33. The van der Waals surface area contributed by atoms with Crippen LogP contribution in [0.15, 0.2) is 28.8 Å². The van der Waals surface area contributed by atoms with Crippen molar-refractivity contribution in [3.8, 4) is 0 Å². The number of piperidine rings is 1. The minimum atomic E-state index is -3.45. The Morgan fingerprint density at radius 2 is 2.26 bits per heavy atom. The highest BCUT2D eigenvalue weighted by Crippen LogP contribution is 2.42. The van der Waals surface area contributed by atoms with Crippen LogP contribution in [-0.2, 0) is 10.0 Å². The zero-order chi connectivity index (χ0) is 16.6. The molecular formula is C15H21N3O4S. The predicted octanol–water partition coefficient (Wildman–Crippen LogP) is 1.37. The lowest BCUT2D eigenvalue weighted by molar-refractivity contribution is 0.0845. The molecule has 0 bridgehead atoms. The van der Waals surface area contributed by atoms with Crippen LogP contribution in [0.3, 0.4) is 0 Å². The summed E-state index contributed by atoms with van der Waals surface area (Å²) in [5.74, 6) is 0.311. The molecular weight excluding hydrogens is 318 g/mol. The summed E-state index contributed by atoms with van der Waals surface area (Å²) in [5.41, 5.74) is 0.244. The van der Waals surface area contributed by atoms with Gasteiger partial charge in [-0.2, -0.15) is 4.31 Å². The van der Waals surface area contributed by atoms with Crippen molar-refractivity contribution in [3.05, 3.63) is 30.0 Å². The van der Waals surface area contributed by atoms with Crippen molar-refractivity contribution in [2.75, 3.05) is 6.54 Å². The number of carbonyl (C=O) groups excluding carboxylic acids is 1. The zero-order valence-electron chi connectivity index (χ0n) is 13.0. The van der Waals surface area contributed by atoms with E-state index in [0.717, 1.165) is 18.2 Å². The highest BCUT2D eigenvalue weighted by molar-refractivity contribution is 7.92. The lowest BCUT2D eigenvalue weighted by Crippen LogP contribution is -2.56. The van der Waals surface area contributed by atoms with Gasteiger partial charge < -0.3 is 9.84 Å². The van der Waals surface area contributed by atoms with Gasteiger partial charge in [0.05, 0.1) is 0 Å². The summed E-state index contributed by atoms with van der Waals surface area (Å²) in [6.45, 7) is 5.69. The Morgan fingerprint density at radius 1 is 1.52 bits per heavy atom. The Kier molecular flexibility index (Phi) is 4.29. The molecule has 0 radical (unpaired) electrons. The molecule has 2 fully saturated rings. The van der Waals surface area contributed by atoms with Gasteiger partial charge in [-0.1, -0.05) is 11.7 Å².